The molecule has 0 aliphatic carbocycles. The number of carbonyl (C=O) groups is 2. The predicted octanol–water partition coefficient (Wildman–Crippen LogP) is 1.26. The van der Waals surface area contributed by atoms with Crippen molar-refractivity contribution in [3.05, 3.63) is 54.1 Å². The van der Waals surface area contributed by atoms with Gasteiger partial charge in [-0.25, -0.2) is 17.9 Å². The molecule has 0 aliphatic rings. The number of nitrogens with one attached hydrogen (secondary N) is 2. The number of carboxylic acid groups (broad SMARTS) is 1. The van der Waals surface area contributed by atoms with Crippen LogP contribution in [0.25, 0.3) is 11.1 Å². The fourth-order valence-corrected chi connectivity index (χ4v) is 3.12. The zero-order valence-electron chi connectivity index (χ0n) is 14.7. The fourth-order valence-electron chi connectivity index (χ4n) is 2.32. The molecule has 144 valence electrons. The summed E-state index contributed by atoms with van der Waals surface area (Å²) in [5.41, 5.74) is 7.64. The molecule has 0 radical (unpaired) electrons. The predicted molar refractivity (Wildman–Crippen MR) is 103 cm³/mol. The Bertz CT molecular complexity index is 926. The van der Waals surface area contributed by atoms with Crippen LogP contribution in [0.3, 0.4) is 0 Å². The van der Waals surface area contributed by atoms with E-state index in [0.29, 0.717) is 5.69 Å². The lowest BCUT2D eigenvalue weighted by atomic mass is 10.0. The molecule has 0 aromatic heterocycles. The Morgan fingerprint density at radius 1 is 1.11 bits per heavy atom. The number of benzene rings is 2. The highest BCUT2D eigenvalue weighted by Crippen LogP contribution is 2.22. The standard InChI is InChI=1S/C18H21N3O5S/c1-2-27(25,26)21-16(11-19)17(22)20-15-8-6-12(7-9-15)13-4-3-5-14(10-13)18(23)24/h3-10,16,21H,2,11,19H2,1H3,(H,20,22)(H,23,24)/t16-/m0/s1. The van der Waals surface area contributed by atoms with Gasteiger partial charge in [-0.05, 0) is 42.3 Å². The summed E-state index contributed by atoms with van der Waals surface area (Å²) >= 11 is 0. The number of anilines is 1. The van der Waals surface area contributed by atoms with Crippen LogP contribution in [0.15, 0.2) is 48.5 Å². The average molecular weight is 391 g/mol. The number of rotatable bonds is 8. The van der Waals surface area contributed by atoms with Crippen molar-refractivity contribution in [2.45, 2.75) is 13.0 Å². The molecule has 2 rings (SSSR count). The minimum atomic E-state index is -3.56. The number of nitrogens with two attached hydrogens (primary N) is 1. The number of hydrogen-bond acceptors (Lipinski definition) is 5. The van der Waals surface area contributed by atoms with Gasteiger partial charge in [0.15, 0.2) is 0 Å². The van der Waals surface area contributed by atoms with Crippen molar-refractivity contribution in [1.29, 1.82) is 0 Å². The number of hydrogen-bond donors (Lipinski definition) is 4. The van der Waals surface area contributed by atoms with E-state index in [2.05, 4.69) is 10.0 Å². The molecule has 2 aromatic carbocycles. The first kappa shape index (κ1) is 20.6. The summed E-state index contributed by atoms with van der Waals surface area (Å²) in [6, 6.07) is 12.2. The van der Waals surface area contributed by atoms with Gasteiger partial charge in [0.2, 0.25) is 15.9 Å². The van der Waals surface area contributed by atoms with E-state index < -0.39 is 27.9 Å². The van der Waals surface area contributed by atoms with Gasteiger partial charge in [-0.3, -0.25) is 4.79 Å². The number of carboxylic acids is 1. The first-order valence-corrected chi connectivity index (χ1v) is 9.85. The second-order valence-electron chi connectivity index (χ2n) is 5.76. The van der Waals surface area contributed by atoms with Crippen molar-refractivity contribution in [3.63, 3.8) is 0 Å². The molecule has 0 saturated carbocycles. The summed E-state index contributed by atoms with van der Waals surface area (Å²) in [7, 11) is -3.56. The first-order valence-electron chi connectivity index (χ1n) is 8.20. The van der Waals surface area contributed by atoms with Crippen LogP contribution in [-0.2, 0) is 14.8 Å². The third-order valence-corrected chi connectivity index (χ3v) is 5.25. The molecule has 0 bridgehead atoms. The van der Waals surface area contributed by atoms with E-state index >= 15 is 0 Å². The van der Waals surface area contributed by atoms with Crippen molar-refractivity contribution < 1.29 is 23.1 Å². The highest BCUT2D eigenvalue weighted by Gasteiger charge is 2.22. The minimum Gasteiger partial charge on any atom is -0.478 e. The molecule has 8 nitrogen and oxygen atoms in total. The lowest BCUT2D eigenvalue weighted by molar-refractivity contribution is -0.117. The lowest BCUT2D eigenvalue weighted by Crippen LogP contribution is -2.48. The van der Waals surface area contributed by atoms with Gasteiger partial charge in [-0.1, -0.05) is 24.3 Å². The zero-order valence-corrected chi connectivity index (χ0v) is 15.5. The summed E-state index contributed by atoms with van der Waals surface area (Å²) in [5, 5.41) is 11.7. The molecule has 9 heteroatoms. The molecule has 0 unspecified atom stereocenters. The molecule has 0 saturated heterocycles. The molecule has 2 aromatic rings. The maximum atomic E-state index is 12.2. The van der Waals surface area contributed by atoms with Gasteiger partial charge in [0, 0.05) is 12.2 Å². The van der Waals surface area contributed by atoms with Gasteiger partial charge < -0.3 is 16.2 Å². The van der Waals surface area contributed by atoms with Gasteiger partial charge in [-0.15, -0.1) is 0 Å². The summed E-state index contributed by atoms with van der Waals surface area (Å²) in [6.07, 6.45) is 0. The molecule has 1 amide bonds. The summed E-state index contributed by atoms with van der Waals surface area (Å²) in [6.45, 7) is 1.29. The van der Waals surface area contributed by atoms with E-state index in [0.717, 1.165) is 11.1 Å². The topological polar surface area (TPSA) is 139 Å². The van der Waals surface area contributed by atoms with Crippen molar-refractivity contribution >= 4 is 27.6 Å². The molecular weight excluding hydrogens is 370 g/mol. The van der Waals surface area contributed by atoms with E-state index in [1.165, 1.54) is 13.0 Å². The fraction of sp³-hybridized carbons (Fsp3) is 0.222. The Hall–Kier alpha value is -2.75. The van der Waals surface area contributed by atoms with E-state index in [9.17, 15) is 18.0 Å². The molecule has 1 atom stereocenters. The van der Waals surface area contributed by atoms with Crippen LogP contribution in [0, 0.1) is 0 Å². The van der Waals surface area contributed by atoms with Crippen LogP contribution >= 0.6 is 0 Å². The average Bonchev–Trinajstić information content (AvgIpc) is 2.66. The second-order valence-corrected chi connectivity index (χ2v) is 7.80. The maximum absolute atomic E-state index is 12.2. The van der Waals surface area contributed by atoms with Gasteiger partial charge in [0.25, 0.3) is 0 Å². The quantitative estimate of drug-likeness (QED) is 0.534. The Kier molecular flexibility index (Phi) is 6.67. The zero-order chi connectivity index (χ0) is 20.0. The van der Waals surface area contributed by atoms with Crippen LogP contribution in [-0.4, -0.2) is 43.7 Å². The molecule has 0 fully saturated rings. The van der Waals surface area contributed by atoms with Gasteiger partial charge in [0.05, 0.1) is 11.3 Å². The summed E-state index contributed by atoms with van der Waals surface area (Å²) in [5.74, 6) is -1.72. The van der Waals surface area contributed by atoms with E-state index in [1.54, 1.807) is 42.5 Å². The van der Waals surface area contributed by atoms with Crippen molar-refractivity contribution in [2.75, 3.05) is 17.6 Å². The molecule has 5 N–H and O–H groups in total. The molecular formula is C18H21N3O5S. The smallest absolute Gasteiger partial charge is 0.335 e. The largest absolute Gasteiger partial charge is 0.478 e. The van der Waals surface area contributed by atoms with Crippen molar-refractivity contribution in [2.24, 2.45) is 5.73 Å². The highest BCUT2D eigenvalue weighted by atomic mass is 32.2. The summed E-state index contributed by atoms with van der Waals surface area (Å²) < 4.78 is 25.5. The highest BCUT2D eigenvalue weighted by molar-refractivity contribution is 7.89. The van der Waals surface area contributed by atoms with Gasteiger partial charge in [-0.2, -0.15) is 0 Å². The Balaban J connectivity index is 2.12. The van der Waals surface area contributed by atoms with Gasteiger partial charge >= 0.3 is 5.97 Å². The second kappa shape index (κ2) is 8.76. The van der Waals surface area contributed by atoms with Gasteiger partial charge in [0.1, 0.15) is 6.04 Å². The normalized spacial score (nSPS) is 12.4. The number of amides is 1. The lowest BCUT2D eigenvalue weighted by Gasteiger charge is -2.16. The van der Waals surface area contributed by atoms with Crippen LogP contribution in [0.2, 0.25) is 0 Å². The maximum Gasteiger partial charge on any atom is 0.335 e. The third kappa shape index (κ3) is 5.61. The number of carbonyl (C=O) groups excluding carboxylic acids is 1. The summed E-state index contributed by atoms with van der Waals surface area (Å²) in [4.78, 5) is 23.3. The van der Waals surface area contributed by atoms with E-state index in [1.807, 2.05) is 0 Å². The van der Waals surface area contributed by atoms with Crippen molar-refractivity contribution in [1.82, 2.24) is 4.72 Å². The van der Waals surface area contributed by atoms with E-state index in [-0.39, 0.29) is 17.9 Å². The molecule has 0 aliphatic heterocycles. The molecule has 0 heterocycles. The Morgan fingerprint density at radius 3 is 2.33 bits per heavy atom. The number of aromatic carboxylic acids is 1. The van der Waals surface area contributed by atoms with Crippen LogP contribution in [0.4, 0.5) is 5.69 Å². The monoisotopic (exact) mass is 391 g/mol. The minimum absolute atomic E-state index is 0.152. The Morgan fingerprint density at radius 2 is 1.78 bits per heavy atom. The van der Waals surface area contributed by atoms with Crippen LogP contribution in [0.1, 0.15) is 17.3 Å². The molecule has 27 heavy (non-hydrogen) atoms. The third-order valence-electron chi connectivity index (χ3n) is 3.85. The van der Waals surface area contributed by atoms with Crippen LogP contribution < -0.4 is 15.8 Å². The van der Waals surface area contributed by atoms with Crippen LogP contribution in [0.5, 0.6) is 0 Å². The SMILES string of the molecule is CCS(=O)(=O)N[C@@H](CN)C(=O)Nc1ccc(-c2cccc(C(=O)O)c2)cc1. The van der Waals surface area contributed by atoms with E-state index in [4.69, 9.17) is 10.8 Å². The van der Waals surface area contributed by atoms with Crippen molar-refractivity contribution in [3.8, 4) is 11.1 Å². The first-order chi connectivity index (χ1) is 12.8. The molecule has 0 spiro atoms. The number of sulfonamides is 1. The Labute approximate surface area is 157 Å².